The molecule has 2 saturated heterocycles. The van der Waals surface area contributed by atoms with Crippen molar-refractivity contribution in [3.05, 3.63) is 65.0 Å². The number of aromatic nitrogens is 1. The van der Waals surface area contributed by atoms with E-state index in [9.17, 15) is 4.79 Å². The molecule has 5 heteroatoms. The Morgan fingerprint density at radius 2 is 1.97 bits per heavy atom. The van der Waals surface area contributed by atoms with E-state index in [2.05, 4.69) is 47.2 Å². The summed E-state index contributed by atoms with van der Waals surface area (Å²) in [6.07, 6.45) is 5.46. The molecule has 2 aliphatic rings. The van der Waals surface area contributed by atoms with Gasteiger partial charge in [0.15, 0.2) is 0 Å². The molecule has 154 valence electrons. The van der Waals surface area contributed by atoms with Crippen molar-refractivity contribution in [2.24, 2.45) is 11.3 Å². The van der Waals surface area contributed by atoms with Gasteiger partial charge >= 0.3 is 0 Å². The van der Waals surface area contributed by atoms with Gasteiger partial charge in [0.05, 0.1) is 5.92 Å². The lowest BCUT2D eigenvalue weighted by atomic mass is 9.71. The van der Waals surface area contributed by atoms with E-state index < -0.39 is 0 Å². The van der Waals surface area contributed by atoms with Crippen molar-refractivity contribution in [3.63, 3.8) is 0 Å². The van der Waals surface area contributed by atoms with Crippen molar-refractivity contribution in [1.29, 1.82) is 0 Å². The summed E-state index contributed by atoms with van der Waals surface area (Å²) < 4.78 is 5.64. The lowest BCUT2D eigenvalue weighted by Gasteiger charge is -2.37. The number of nitrogens with one attached hydrogen (secondary N) is 1. The van der Waals surface area contributed by atoms with Crippen molar-refractivity contribution in [3.8, 4) is 0 Å². The maximum atomic E-state index is 13.2. The van der Waals surface area contributed by atoms with Crippen LogP contribution < -0.4 is 5.32 Å². The average molecular weight is 394 g/mol. The average Bonchev–Trinajstić information content (AvgIpc) is 3.07. The monoisotopic (exact) mass is 393 g/mol. The van der Waals surface area contributed by atoms with Crippen LogP contribution in [0.1, 0.15) is 35.1 Å². The third-order valence-electron chi connectivity index (χ3n) is 6.64. The zero-order valence-corrected chi connectivity index (χ0v) is 17.5. The van der Waals surface area contributed by atoms with E-state index in [1.165, 1.54) is 16.7 Å². The zero-order chi connectivity index (χ0) is 20.3. The third-order valence-corrected chi connectivity index (χ3v) is 6.64. The van der Waals surface area contributed by atoms with Gasteiger partial charge in [-0.2, -0.15) is 0 Å². The molecule has 1 aromatic heterocycles. The number of benzene rings is 1. The summed E-state index contributed by atoms with van der Waals surface area (Å²) in [5.41, 5.74) is 5.09. The zero-order valence-electron chi connectivity index (χ0n) is 17.5. The second-order valence-electron chi connectivity index (χ2n) is 8.70. The van der Waals surface area contributed by atoms with Crippen LogP contribution in [-0.2, 0) is 22.6 Å². The first kappa shape index (κ1) is 20.0. The number of likely N-dealkylation sites (tertiary alicyclic amines) is 1. The molecule has 5 nitrogen and oxygen atoms in total. The normalized spacial score (nSPS) is 21.4. The number of amides is 1. The number of aryl methyl sites for hydroxylation is 2. The van der Waals surface area contributed by atoms with Gasteiger partial charge in [-0.25, -0.2) is 0 Å². The summed E-state index contributed by atoms with van der Waals surface area (Å²) in [5, 5.41) is 3.18. The van der Waals surface area contributed by atoms with Gasteiger partial charge in [0.25, 0.3) is 0 Å². The fourth-order valence-electron chi connectivity index (χ4n) is 4.86. The largest absolute Gasteiger partial charge is 0.381 e. The van der Waals surface area contributed by atoms with E-state index in [-0.39, 0.29) is 17.2 Å². The lowest BCUT2D eigenvalue weighted by Crippen LogP contribution is -2.44. The first-order valence-corrected chi connectivity index (χ1v) is 10.6. The number of nitrogens with zero attached hydrogens (tertiary/aromatic N) is 2. The Balaban J connectivity index is 1.48. The Morgan fingerprint density at radius 1 is 1.21 bits per heavy atom. The molecule has 1 N–H and O–H groups in total. The summed E-state index contributed by atoms with van der Waals surface area (Å²) in [7, 11) is 0. The van der Waals surface area contributed by atoms with Crippen LogP contribution in [0.5, 0.6) is 0 Å². The number of hydrogen-bond donors (Lipinski definition) is 1. The predicted octanol–water partition coefficient (Wildman–Crippen LogP) is 3.24. The molecular formula is C24H31N3O2. The number of carbonyl (C=O) groups is 1. The summed E-state index contributed by atoms with van der Waals surface area (Å²) in [6.45, 7) is 9.07. The highest BCUT2D eigenvalue weighted by Gasteiger charge is 2.50. The Bertz CT molecular complexity index is 846. The molecule has 1 aromatic carbocycles. The smallest absolute Gasteiger partial charge is 0.225 e. The molecule has 1 spiro atoms. The van der Waals surface area contributed by atoms with E-state index in [0.717, 1.165) is 51.3 Å². The minimum atomic E-state index is 0.0124. The highest BCUT2D eigenvalue weighted by Crippen LogP contribution is 2.45. The molecule has 0 saturated carbocycles. The molecule has 2 fully saturated rings. The fourth-order valence-corrected chi connectivity index (χ4v) is 4.86. The molecule has 29 heavy (non-hydrogen) atoms. The number of pyridine rings is 1. The molecule has 0 bridgehead atoms. The van der Waals surface area contributed by atoms with Crippen LogP contribution >= 0.6 is 0 Å². The molecule has 0 radical (unpaired) electrons. The molecule has 4 rings (SSSR count). The van der Waals surface area contributed by atoms with E-state index >= 15 is 0 Å². The molecule has 1 amide bonds. The first-order chi connectivity index (χ1) is 14.1. The minimum absolute atomic E-state index is 0.0124. The number of ether oxygens (including phenoxy) is 1. The number of carbonyl (C=O) groups excluding carboxylic acids is 1. The van der Waals surface area contributed by atoms with Crippen LogP contribution in [0.2, 0.25) is 0 Å². The Hall–Kier alpha value is -2.24. The molecule has 1 atom stereocenters. The van der Waals surface area contributed by atoms with Gasteiger partial charge in [-0.05, 0) is 55.5 Å². The van der Waals surface area contributed by atoms with Gasteiger partial charge in [-0.1, -0.05) is 23.8 Å². The van der Waals surface area contributed by atoms with Gasteiger partial charge in [0, 0.05) is 57.2 Å². The second kappa shape index (κ2) is 8.64. The standard InChI is InChI=1S/C24H31N3O2/c1-18-3-4-19(2)21(13-18)15-27-16-22(24(17-27)7-11-29-12-8-24)23(28)26-14-20-5-9-25-10-6-20/h3-6,9-10,13,22H,7-8,11-12,14-17H2,1-2H3,(H,26,28). The molecule has 2 aromatic rings. The van der Waals surface area contributed by atoms with Crippen LogP contribution in [0.25, 0.3) is 0 Å². The van der Waals surface area contributed by atoms with Crippen molar-refractivity contribution in [1.82, 2.24) is 15.2 Å². The van der Waals surface area contributed by atoms with Crippen molar-refractivity contribution in [2.75, 3.05) is 26.3 Å². The van der Waals surface area contributed by atoms with Gasteiger partial charge in [-0.15, -0.1) is 0 Å². The van der Waals surface area contributed by atoms with Gasteiger partial charge in [-0.3, -0.25) is 14.7 Å². The highest BCUT2D eigenvalue weighted by atomic mass is 16.5. The molecule has 0 aliphatic carbocycles. The maximum absolute atomic E-state index is 13.2. The molecular weight excluding hydrogens is 362 g/mol. The van der Waals surface area contributed by atoms with E-state index in [0.29, 0.717) is 6.54 Å². The van der Waals surface area contributed by atoms with Crippen molar-refractivity contribution >= 4 is 5.91 Å². The summed E-state index contributed by atoms with van der Waals surface area (Å²) in [4.78, 5) is 19.7. The van der Waals surface area contributed by atoms with Crippen LogP contribution in [0.4, 0.5) is 0 Å². The van der Waals surface area contributed by atoms with E-state index in [4.69, 9.17) is 4.74 Å². The van der Waals surface area contributed by atoms with Crippen LogP contribution in [-0.4, -0.2) is 42.1 Å². The van der Waals surface area contributed by atoms with Gasteiger partial charge in [0.1, 0.15) is 0 Å². The topological polar surface area (TPSA) is 54.5 Å². The maximum Gasteiger partial charge on any atom is 0.225 e. The summed E-state index contributed by atoms with van der Waals surface area (Å²) >= 11 is 0. The van der Waals surface area contributed by atoms with E-state index in [1.807, 2.05) is 12.1 Å². The quantitative estimate of drug-likeness (QED) is 0.847. The highest BCUT2D eigenvalue weighted by molar-refractivity contribution is 5.80. The first-order valence-electron chi connectivity index (χ1n) is 10.6. The summed E-state index contributed by atoms with van der Waals surface area (Å²) in [6, 6.07) is 10.5. The molecule has 3 heterocycles. The molecule has 1 unspecified atom stereocenters. The Labute approximate surface area is 173 Å². The second-order valence-corrected chi connectivity index (χ2v) is 8.70. The van der Waals surface area contributed by atoms with Crippen molar-refractivity contribution in [2.45, 2.75) is 39.8 Å². The lowest BCUT2D eigenvalue weighted by molar-refractivity contribution is -0.130. The summed E-state index contributed by atoms with van der Waals surface area (Å²) in [5.74, 6) is 0.186. The Kier molecular flexibility index (Phi) is 5.97. The van der Waals surface area contributed by atoms with Gasteiger partial charge < -0.3 is 10.1 Å². The van der Waals surface area contributed by atoms with Crippen LogP contribution in [0, 0.1) is 25.2 Å². The predicted molar refractivity (Wildman–Crippen MR) is 113 cm³/mol. The fraction of sp³-hybridized carbons (Fsp3) is 0.500. The number of rotatable bonds is 5. The SMILES string of the molecule is Cc1ccc(C)c(CN2CC(C(=O)NCc3ccncc3)C3(CCOCC3)C2)c1. The Morgan fingerprint density at radius 3 is 2.72 bits per heavy atom. The number of hydrogen-bond acceptors (Lipinski definition) is 4. The third kappa shape index (κ3) is 4.51. The molecule has 2 aliphatic heterocycles. The van der Waals surface area contributed by atoms with Crippen molar-refractivity contribution < 1.29 is 9.53 Å². The minimum Gasteiger partial charge on any atom is -0.381 e. The van der Waals surface area contributed by atoms with E-state index in [1.54, 1.807) is 12.4 Å². The van der Waals surface area contributed by atoms with Crippen LogP contribution in [0.3, 0.4) is 0 Å². The van der Waals surface area contributed by atoms with Gasteiger partial charge in [0.2, 0.25) is 5.91 Å². The van der Waals surface area contributed by atoms with Crippen LogP contribution in [0.15, 0.2) is 42.7 Å².